The summed E-state index contributed by atoms with van der Waals surface area (Å²) in [6.45, 7) is 5.22. The first kappa shape index (κ1) is 10.8. The first-order valence-electron chi connectivity index (χ1n) is 4.44. The van der Waals surface area contributed by atoms with E-state index in [0.29, 0.717) is 5.69 Å². The van der Waals surface area contributed by atoms with Gasteiger partial charge in [0.25, 0.3) is 0 Å². The molecule has 0 atom stereocenters. The van der Waals surface area contributed by atoms with E-state index in [1.165, 1.54) is 4.57 Å². The van der Waals surface area contributed by atoms with Crippen molar-refractivity contribution in [3.05, 3.63) is 24.0 Å². The highest BCUT2D eigenvalue weighted by molar-refractivity contribution is 5.72. The molecule has 78 valence electrons. The number of rotatable bonds is 1. The van der Waals surface area contributed by atoms with Gasteiger partial charge in [0.05, 0.1) is 12.3 Å². The maximum atomic E-state index is 11.5. The maximum absolute atomic E-state index is 11.5. The SMILES string of the molecule is CC(C)(C)OC(=O)n1cccc1CO. The van der Waals surface area contributed by atoms with Gasteiger partial charge >= 0.3 is 6.09 Å². The molecule has 1 aromatic heterocycles. The van der Waals surface area contributed by atoms with Gasteiger partial charge in [0.2, 0.25) is 0 Å². The Morgan fingerprint density at radius 1 is 1.57 bits per heavy atom. The highest BCUT2D eigenvalue weighted by Gasteiger charge is 2.18. The van der Waals surface area contributed by atoms with Gasteiger partial charge in [-0.3, -0.25) is 4.57 Å². The van der Waals surface area contributed by atoms with Crippen molar-refractivity contribution in [2.45, 2.75) is 33.0 Å². The topological polar surface area (TPSA) is 51.5 Å². The van der Waals surface area contributed by atoms with E-state index in [9.17, 15) is 4.79 Å². The van der Waals surface area contributed by atoms with E-state index in [1.54, 1.807) is 39.1 Å². The van der Waals surface area contributed by atoms with Gasteiger partial charge < -0.3 is 9.84 Å². The van der Waals surface area contributed by atoms with Gasteiger partial charge in [0, 0.05) is 6.20 Å². The van der Waals surface area contributed by atoms with Crippen molar-refractivity contribution >= 4 is 6.09 Å². The van der Waals surface area contributed by atoms with Crippen molar-refractivity contribution in [2.75, 3.05) is 0 Å². The molecule has 0 aliphatic heterocycles. The Hall–Kier alpha value is -1.29. The lowest BCUT2D eigenvalue weighted by atomic mass is 10.2. The van der Waals surface area contributed by atoms with Crippen molar-refractivity contribution < 1.29 is 14.6 Å². The number of ether oxygens (including phenoxy) is 1. The molecule has 1 aromatic rings. The lowest BCUT2D eigenvalue weighted by Crippen LogP contribution is -2.27. The molecule has 4 nitrogen and oxygen atoms in total. The summed E-state index contributed by atoms with van der Waals surface area (Å²) in [5, 5.41) is 8.93. The third-order valence-corrected chi connectivity index (χ3v) is 1.59. The molecule has 0 saturated heterocycles. The van der Waals surface area contributed by atoms with E-state index in [-0.39, 0.29) is 6.61 Å². The van der Waals surface area contributed by atoms with E-state index in [0.717, 1.165) is 0 Å². The second-order valence-electron chi connectivity index (χ2n) is 4.01. The number of aliphatic hydroxyl groups excluding tert-OH is 1. The standard InChI is InChI=1S/C10H15NO3/c1-10(2,3)14-9(13)11-6-4-5-8(11)7-12/h4-6,12H,7H2,1-3H3. The normalized spacial score (nSPS) is 11.4. The van der Waals surface area contributed by atoms with Crippen LogP contribution in [0, 0.1) is 0 Å². The van der Waals surface area contributed by atoms with Crippen LogP contribution >= 0.6 is 0 Å². The second kappa shape index (κ2) is 3.84. The summed E-state index contributed by atoms with van der Waals surface area (Å²) in [6.07, 6.45) is 1.10. The fourth-order valence-corrected chi connectivity index (χ4v) is 1.03. The van der Waals surface area contributed by atoms with Crippen LogP contribution in [-0.4, -0.2) is 21.4 Å². The Bertz CT molecular complexity index is 322. The summed E-state index contributed by atoms with van der Waals surface area (Å²) >= 11 is 0. The van der Waals surface area contributed by atoms with Crippen LogP contribution < -0.4 is 0 Å². The highest BCUT2D eigenvalue weighted by Crippen LogP contribution is 2.11. The molecular weight excluding hydrogens is 182 g/mol. The molecule has 1 rings (SSSR count). The summed E-state index contributed by atoms with van der Waals surface area (Å²) in [6, 6.07) is 3.36. The molecule has 0 bridgehead atoms. The highest BCUT2D eigenvalue weighted by atomic mass is 16.6. The van der Waals surface area contributed by atoms with Crippen LogP contribution in [0.25, 0.3) is 0 Å². The molecule has 0 unspecified atom stereocenters. The van der Waals surface area contributed by atoms with Crippen molar-refractivity contribution in [3.8, 4) is 0 Å². The summed E-state index contributed by atoms with van der Waals surface area (Å²) in [4.78, 5) is 11.5. The molecule has 1 heterocycles. The molecule has 1 N–H and O–H groups in total. The Kier molecular flexibility index (Phi) is 2.96. The molecule has 0 amide bonds. The second-order valence-corrected chi connectivity index (χ2v) is 4.01. The summed E-state index contributed by atoms with van der Waals surface area (Å²) in [5.41, 5.74) is 0.00732. The number of nitrogens with zero attached hydrogens (tertiary/aromatic N) is 1. The van der Waals surface area contributed by atoms with Crippen LogP contribution in [0.1, 0.15) is 26.5 Å². The summed E-state index contributed by atoms with van der Waals surface area (Å²) in [5.74, 6) is 0. The predicted molar refractivity (Wildman–Crippen MR) is 52.0 cm³/mol. The number of aliphatic hydroxyl groups is 1. The zero-order valence-electron chi connectivity index (χ0n) is 8.65. The van der Waals surface area contributed by atoms with Crippen molar-refractivity contribution in [3.63, 3.8) is 0 Å². The van der Waals surface area contributed by atoms with Gasteiger partial charge in [-0.25, -0.2) is 4.79 Å². The third-order valence-electron chi connectivity index (χ3n) is 1.59. The summed E-state index contributed by atoms with van der Waals surface area (Å²) < 4.78 is 6.43. The maximum Gasteiger partial charge on any atom is 0.418 e. The molecule has 4 heteroatoms. The van der Waals surface area contributed by atoms with Gasteiger partial charge in [-0.1, -0.05) is 0 Å². The molecule has 0 aromatic carbocycles. The van der Waals surface area contributed by atoms with Crippen LogP contribution in [0.15, 0.2) is 18.3 Å². The molecule has 14 heavy (non-hydrogen) atoms. The van der Waals surface area contributed by atoms with E-state index in [1.807, 2.05) is 0 Å². The largest absolute Gasteiger partial charge is 0.443 e. The zero-order chi connectivity index (χ0) is 10.8. The van der Waals surface area contributed by atoms with Gasteiger partial charge in [-0.05, 0) is 32.9 Å². The first-order chi connectivity index (χ1) is 6.44. The van der Waals surface area contributed by atoms with E-state index >= 15 is 0 Å². The van der Waals surface area contributed by atoms with Crippen molar-refractivity contribution in [1.82, 2.24) is 4.57 Å². The average Bonchev–Trinajstić information content (AvgIpc) is 2.47. The average molecular weight is 197 g/mol. The van der Waals surface area contributed by atoms with Crippen LogP contribution in [-0.2, 0) is 11.3 Å². The van der Waals surface area contributed by atoms with Crippen LogP contribution in [0.3, 0.4) is 0 Å². The first-order valence-corrected chi connectivity index (χ1v) is 4.44. The molecule has 0 fully saturated rings. The minimum Gasteiger partial charge on any atom is -0.443 e. The van der Waals surface area contributed by atoms with Gasteiger partial charge in [-0.15, -0.1) is 0 Å². The Morgan fingerprint density at radius 3 is 2.71 bits per heavy atom. The van der Waals surface area contributed by atoms with Gasteiger partial charge in [0.1, 0.15) is 5.60 Å². The predicted octanol–water partition coefficient (Wildman–Crippen LogP) is 1.76. The zero-order valence-corrected chi connectivity index (χ0v) is 8.65. The minimum absolute atomic E-state index is 0.174. The van der Waals surface area contributed by atoms with Crippen LogP contribution in [0.4, 0.5) is 4.79 Å². The lowest BCUT2D eigenvalue weighted by molar-refractivity contribution is 0.0526. The van der Waals surface area contributed by atoms with Crippen LogP contribution in [0.5, 0.6) is 0 Å². The summed E-state index contributed by atoms with van der Waals surface area (Å²) in [7, 11) is 0. The van der Waals surface area contributed by atoms with E-state index < -0.39 is 11.7 Å². The lowest BCUT2D eigenvalue weighted by Gasteiger charge is -2.20. The number of aromatic nitrogens is 1. The van der Waals surface area contributed by atoms with Gasteiger partial charge in [-0.2, -0.15) is 0 Å². The molecule has 0 aliphatic rings. The molecular formula is C10H15NO3. The minimum atomic E-state index is -0.520. The molecule has 0 saturated carbocycles. The molecule has 0 aliphatic carbocycles. The number of hydrogen-bond donors (Lipinski definition) is 1. The van der Waals surface area contributed by atoms with Crippen LogP contribution in [0.2, 0.25) is 0 Å². The van der Waals surface area contributed by atoms with E-state index in [4.69, 9.17) is 9.84 Å². The quantitative estimate of drug-likeness (QED) is 0.746. The van der Waals surface area contributed by atoms with Crippen molar-refractivity contribution in [2.24, 2.45) is 0 Å². The molecule has 0 radical (unpaired) electrons. The fraction of sp³-hybridized carbons (Fsp3) is 0.500. The number of hydrogen-bond acceptors (Lipinski definition) is 3. The van der Waals surface area contributed by atoms with E-state index in [2.05, 4.69) is 0 Å². The Morgan fingerprint density at radius 2 is 2.21 bits per heavy atom. The Labute approximate surface area is 83.1 Å². The van der Waals surface area contributed by atoms with Gasteiger partial charge in [0.15, 0.2) is 0 Å². The number of carbonyl (C=O) groups is 1. The fourth-order valence-electron chi connectivity index (χ4n) is 1.03. The Balaban J connectivity index is 2.80. The number of carbonyl (C=O) groups excluding carboxylic acids is 1. The monoisotopic (exact) mass is 197 g/mol. The molecule has 0 spiro atoms. The van der Waals surface area contributed by atoms with Crippen molar-refractivity contribution in [1.29, 1.82) is 0 Å². The smallest absolute Gasteiger partial charge is 0.418 e. The third kappa shape index (κ3) is 2.60.